The van der Waals surface area contributed by atoms with E-state index in [9.17, 15) is 18.8 Å². The summed E-state index contributed by atoms with van der Waals surface area (Å²) in [5.74, 6) is -2.29. The molecule has 0 atom stereocenters. The monoisotopic (exact) mass is 590 g/mol. The maximum Gasteiger partial charge on any atom is 0.329 e. The van der Waals surface area contributed by atoms with E-state index in [4.69, 9.17) is 21.1 Å². The second-order valence-corrected chi connectivity index (χ2v) is 8.78. The number of carbonyl (C=O) groups is 3. The van der Waals surface area contributed by atoms with Crippen molar-refractivity contribution in [1.82, 2.24) is 5.43 Å². The number of ether oxygens (including phenoxy) is 2. The molecule has 192 valence electrons. The molecule has 37 heavy (non-hydrogen) atoms. The summed E-state index contributed by atoms with van der Waals surface area (Å²) in [6, 6.07) is 13.3. The van der Waals surface area contributed by atoms with Crippen molar-refractivity contribution in [2.75, 3.05) is 24.4 Å². The summed E-state index contributed by atoms with van der Waals surface area (Å²) >= 11 is 9.35. The van der Waals surface area contributed by atoms with Crippen LogP contribution < -0.4 is 25.5 Å². The van der Waals surface area contributed by atoms with Crippen LogP contribution in [0.15, 0.2) is 64.2 Å². The molecule has 0 aliphatic carbocycles. The number of anilines is 2. The standard InChI is InChI=1S/C25H21BrClFN4O5/c1-14-3-4-16(27)11-20(14)31-22(33)13-37-23-19(26)9-15(10-21(23)36-2)12-29-32-25(35)24(34)30-18-7-5-17(28)6-8-18/h3-12H,13H2,1-2H3,(H,30,34)(H,31,33)(H,32,35)/b29-12-. The third-order valence-corrected chi connectivity index (χ3v) is 5.59. The van der Waals surface area contributed by atoms with Crippen LogP contribution in [0.3, 0.4) is 0 Å². The Balaban J connectivity index is 1.59. The van der Waals surface area contributed by atoms with E-state index >= 15 is 0 Å². The van der Waals surface area contributed by atoms with Crippen LogP contribution in [0.1, 0.15) is 11.1 Å². The van der Waals surface area contributed by atoms with E-state index in [1.54, 1.807) is 30.3 Å². The molecule has 0 saturated carbocycles. The molecule has 3 aromatic carbocycles. The first-order valence-corrected chi connectivity index (χ1v) is 11.8. The number of hydrogen-bond acceptors (Lipinski definition) is 6. The van der Waals surface area contributed by atoms with Gasteiger partial charge >= 0.3 is 11.8 Å². The third-order valence-electron chi connectivity index (χ3n) is 4.76. The van der Waals surface area contributed by atoms with Crippen LogP contribution >= 0.6 is 27.5 Å². The maximum absolute atomic E-state index is 12.9. The smallest absolute Gasteiger partial charge is 0.329 e. The number of aryl methyl sites for hydroxylation is 1. The number of benzene rings is 3. The van der Waals surface area contributed by atoms with E-state index in [0.717, 1.165) is 17.7 Å². The van der Waals surface area contributed by atoms with Crippen LogP contribution in [0.5, 0.6) is 11.5 Å². The average molecular weight is 592 g/mol. The fourth-order valence-corrected chi connectivity index (χ4v) is 3.69. The number of methoxy groups -OCH3 is 1. The van der Waals surface area contributed by atoms with Crippen LogP contribution in [0.4, 0.5) is 15.8 Å². The first-order chi connectivity index (χ1) is 17.7. The Morgan fingerprint density at radius 1 is 1.05 bits per heavy atom. The molecule has 0 aromatic heterocycles. The Morgan fingerprint density at radius 3 is 2.49 bits per heavy atom. The lowest BCUT2D eigenvalue weighted by Crippen LogP contribution is -2.32. The topological polar surface area (TPSA) is 118 Å². The van der Waals surface area contributed by atoms with E-state index in [2.05, 4.69) is 37.1 Å². The van der Waals surface area contributed by atoms with E-state index in [0.29, 0.717) is 26.5 Å². The summed E-state index contributed by atoms with van der Waals surface area (Å²) in [4.78, 5) is 36.3. The van der Waals surface area contributed by atoms with E-state index in [1.165, 1.54) is 25.5 Å². The summed E-state index contributed by atoms with van der Waals surface area (Å²) in [7, 11) is 1.42. The highest BCUT2D eigenvalue weighted by molar-refractivity contribution is 9.10. The Hall–Kier alpha value is -3.96. The predicted octanol–water partition coefficient (Wildman–Crippen LogP) is 4.66. The second-order valence-electron chi connectivity index (χ2n) is 7.49. The van der Waals surface area contributed by atoms with Gasteiger partial charge in [-0.1, -0.05) is 17.7 Å². The molecule has 0 fully saturated rings. The van der Waals surface area contributed by atoms with Crippen molar-refractivity contribution in [2.24, 2.45) is 5.10 Å². The van der Waals surface area contributed by atoms with Gasteiger partial charge in [0.25, 0.3) is 5.91 Å². The lowest BCUT2D eigenvalue weighted by atomic mass is 10.2. The highest BCUT2D eigenvalue weighted by Gasteiger charge is 2.15. The van der Waals surface area contributed by atoms with Crippen molar-refractivity contribution in [3.05, 3.63) is 81.0 Å². The number of hydrazone groups is 1. The fourth-order valence-electron chi connectivity index (χ4n) is 2.94. The minimum absolute atomic E-state index is 0.256. The zero-order valence-electron chi connectivity index (χ0n) is 19.6. The van der Waals surface area contributed by atoms with Crippen LogP contribution in [0, 0.1) is 12.7 Å². The fraction of sp³-hybridized carbons (Fsp3) is 0.120. The minimum Gasteiger partial charge on any atom is -0.493 e. The van der Waals surface area contributed by atoms with Crippen molar-refractivity contribution in [1.29, 1.82) is 0 Å². The highest BCUT2D eigenvalue weighted by atomic mass is 79.9. The lowest BCUT2D eigenvalue weighted by molar-refractivity contribution is -0.136. The molecule has 0 spiro atoms. The van der Waals surface area contributed by atoms with Gasteiger partial charge < -0.3 is 20.1 Å². The summed E-state index contributed by atoms with van der Waals surface area (Å²) in [5.41, 5.74) is 4.27. The van der Waals surface area contributed by atoms with Crippen LogP contribution in [-0.4, -0.2) is 37.7 Å². The van der Waals surface area contributed by atoms with E-state index in [1.807, 2.05) is 6.92 Å². The van der Waals surface area contributed by atoms with Crippen molar-refractivity contribution in [3.63, 3.8) is 0 Å². The highest BCUT2D eigenvalue weighted by Crippen LogP contribution is 2.36. The Kier molecular flexibility index (Phi) is 9.58. The number of halogens is 3. The number of nitrogens with zero attached hydrogens (tertiary/aromatic N) is 1. The van der Waals surface area contributed by atoms with E-state index in [-0.39, 0.29) is 18.0 Å². The summed E-state index contributed by atoms with van der Waals surface area (Å²) in [6.45, 7) is 1.54. The zero-order valence-corrected chi connectivity index (χ0v) is 21.9. The minimum atomic E-state index is -1.02. The molecule has 9 nitrogen and oxygen atoms in total. The molecule has 3 rings (SSSR count). The molecule has 0 heterocycles. The molecule has 0 aliphatic heterocycles. The van der Waals surface area contributed by atoms with Crippen LogP contribution in [-0.2, 0) is 14.4 Å². The lowest BCUT2D eigenvalue weighted by Gasteiger charge is -2.14. The van der Waals surface area contributed by atoms with Gasteiger partial charge in [-0.25, -0.2) is 9.82 Å². The van der Waals surface area contributed by atoms with Gasteiger partial charge in [0.1, 0.15) is 5.82 Å². The molecule has 0 aliphatic rings. The molecule has 3 amide bonds. The Bertz CT molecular complexity index is 1350. The molecule has 0 bridgehead atoms. The quantitative estimate of drug-likeness (QED) is 0.200. The van der Waals surface area contributed by atoms with Gasteiger partial charge in [0.05, 0.1) is 17.8 Å². The number of amides is 3. The number of hydrogen-bond donors (Lipinski definition) is 3. The Morgan fingerprint density at radius 2 is 1.78 bits per heavy atom. The van der Waals surface area contributed by atoms with Gasteiger partial charge in [0.2, 0.25) is 0 Å². The molecule has 0 unspecified atom stereocenters. The largest absolute Gasteiger partial charge is 0.493 e. The second kappa shape index (κ2) is 12.8. The summed E-state index contributed by atoms with van der Waals surface area (Å²) in [5, 5.41) is 9.32. The maximum atomic E-state index is 12.9. The van der Waals surface area contributed by atoms with Crippen molar-refractivity contribution >= 4 is 62.8 Å². The predicted molar refractivity (Wildman–Crippen MR) is 142 cm³/mol. The van der Waals surface area contributed by atoms with E-state index < -0.39 is 23.5 Å². The Labute approximate surface area is 225 Å². The molecular weight excluding hydrogens is 571 g/mol. The molecule has 0 saturated heterocycles. The number of nitrogens with one attached hydrogen (secondary N) is 3. The molecule has 0 radical (unpaired) electrons. The van der Waals surface area contributed by atoms with Gasteiger partial charge in [-0.2, -0.15) is 5.10 Å². The van der Waals surface area contributed by atoms with Crippen molar-refractivity contribution < 1.29 is 28.2 Å². The molecule has 3 aromatic rings. The van der Waals surface area contributed by atoms with Crippen molar-refractivity contribution in [3.8, 4) is 11.5 Å². The first kappa shape index (κ1) is 27.6. The van der Waals surface area contributed by atoms with Crippen LogP contribution in [0.25, 0.3) is 0 Å². The van der Waals surface area contributed by atoms with Gasteiger partial charge in [-0.15, -0.1) is 0 Å². The van der Waals surface area contributed by atoms with Gasteiger partial charge in [0.15, 0.2) is 18.1 Å². The normalized spacial score (nSPS) is 10.6. The van der Waals surface area contributed by atoms with Gasteiger partial charge in [0, 0.05) is 16.4 Å². The average Bonchev–Trinajstić information content (AvgIpc) is 2.86. The SMILES string of the molecule is COc1cc(/C=N\NC(=O)C(=O)Nc2ccc(F)cc2)cc(Br)c1OCC(=O)Nc1cc(Cl)ccc1C. The van der Waals surface area contributed by atoms with Gasteiger partial charge in [-0.05, 0) is 82.5 Å². The van der Waals surface area contributed by atoms with Crippen LogP contribution in [0.2, 0.25) is 5.02 Å². The summed E-state index contributed by atoms with van der Waals surface area (Å²) < 4.78 is 24.4. The third kappa shape index (κ3) is 8.02. The van der Waals surface area contributed by atoms with Crippen molar-refractivity contribution in [2.45, 2.75) is 6.92 Å². The first-order valence-electron chi connectivity index (χ1n) is 10.6. The zero-order chi connectivity index (χ0) is 26.9. The molecule has 3 N–H and O–H groups in total. The van der Waals surface area contributed by atoms with Gasteiger partial charge in [-0.3, -0.25) is 14.4 Å². The molecular formula is C25H21BrClFN4O5. The molecule has 12 heteroatoms. The number of carbonyl (C=O) groups excluding carboxylic acids is 3. The summed E-state index contributed by atoms with van der Waals surface area (Å²) in [6.07, 6.45) is 1.29. The number of rotatable bonds is 8.